The third-order valence-corrected chi connectivity index (χ3v) is 4.11. The molecule has 2 rings (SSSR count). The molecule has 4 nitrogen and oxygen atoms in total. The van der Waals surface area contributed by atoms with Crippen LogP contribution in [0.15, 0.2) is 18.5 Å². The number of aromatic nitrogens is 2. The monoisotopic (exact) mass is 373 g/mol. The van der Waals surface area contributed by atoms with Crippen LogP contribution >= 0.6 is 11.6 Å². The number of alkyl halides is 3. The first kappa shape index (κ1) is 19.3. The van der Waals surface area contributed by atoms with Gasteiger partial charge in [-0.05, 0) is 44.4 Å². The molecular weight excluding hydrogens is 355 g/mol. The minimum absolute atomic E-state index is 0.111. The van der Waals surface area contributed by atoms with Gasteiger partial charge in [0.25, 0.3) is 0 Å². The van der Waals surface area contributed by atoms with Gasteiger partial charge in [-0.2, -0.15) is 8.78 Å². The summed E-state index contributed by atoms with van der Waals surface area (Å²) in [7, 11) is 0. The van der Waals surface area contributed by atoms with Crippen molar-refractivity contribution in [1.82, 2.24) is 9.97 Å². The van der Waals surface area contributed by atoms with Crippen molar-refractivity contribution in [1.29, 1.82) is 0 Å². The van der Waals surface area contributed by atoms with Gasteiger partial charge in [0.1, 0.15) is 29.1 Å². The van der Waals surface area contributed by atoms with Crippen LogP contribution < -0.4 is 10.1 Å². The molecule has 0 radical (unpaired) electrons. The summed E-state index contributed by atoms with van der Waals surface area (Å²) in [5.41, 5.74) is 2.13. The molecule has 1 aromatic heterocycles. The highest BCUT2D eigenvalue weighted by molar-refractivity contribution is 6.33. The molecule has 2 aromatic rings. The average molecular weight is 374 g/mol. The van der Waals surface area contributed by atoms with Gasteiger partial charge in [-0.3, -0.25) is 0 Å². The zero-order chi connectivity index (χ0) is 18.7. The molecule has 0 saturated heterocycles. The average Bonchev–Trinajstić information content (AvgIpc) is 2.52. The number of rotatable bonds is 6. The Kier molecular flexibility index (Phi) is 6.11. The lowest BCUT2D eigenvalue weighted by Gasteiger charge is -2.20. The summed E-state index contributed by atoms with van der Waals surface area (Å²) in [6, 6.07) is 3.25. The second-order valence-electron chi connectivity index (χ2n) is 5.77. The molecule has 0 spiro atoms. The summed E-state index contributed by atoms with van der Waals surface area (Å²) in [5, 5.41) is 3.22. The standard InChI is InChI=1S/C17H19ClF3N3O/c1-8-5-12(6-9(2)15(8)25-17(20)21)11(4)24-16-13(18)14(10(3)19)22-7-23-16/h5-7,10-11,17H,1-4H3,(H,22,23,24). The number of nitrogens with one attached hydrogen (secondary N) is 1. The van der Waals surface area contributed by atoms with Crippen LogP contribution in [0.1, 0.15) is 48.4 Å². The number of hydrogen-bond acceptors (Lipinski definition) is 4. The van der Waals surface area contributed by atoms with Crippen molar-refractivity contribution in [2.45, 2.75) is 46.5 Å². The van der Waals surface area contributed by atoms with Crippen molar-refractivity contribution in [2.24, 2.45) is 0 Å². The third kappa shape index (κ3) is 4.54. The van der Waals surface area contributed by atoms with E-state index in [2.05, 4.69) is 20.0 Å². The molecule has 2 unspecified atom stereocenters. The fraction of sp³-hybridized carbons (Fsp3) is 0.412. The Morgan fingerprint density at radius 1 is 1.08 bits per heavy atom. The molecule has 0 fully saturated rings. The minimum Gasteiger partial charge on any atom is -0.434 e. The fourth-order valence-electron chi connectivity index (χ4n) is 2.56. The third-order valence-electron chi connectivity index (χ3n) is 3.74. The summed E-state index contributed by atoms with van der Waals surface area (Å²) in [6.45, 7) is 3.72. The second kappa shape index (κ2) is 7.91. The molecule has 136 valence electrons. The molecule has 1 N–H and O–H groups in total. The molecule has 0 amide bonds. The Balaban J connectivity index is 2.27. The van der Waals surface area contributed by atoms with Crippen LogP contribution in [0.4, 0.5) is 19.0 Å². The van der Waals surface area contributed by atoms with Crippen molar-refractivity contribution in [3.8, 4) is 5.75 Å². The van der Waals surface area contributed by atoms with Gasteiger partial charge in [-0.25, -0.2) is 14.4 Å². The molecule has 25 heavy (non-hydrogen) atoms. The van der Waals surface area contributed by atoms with Gasteiger partial charge < -0.3 is 10.1 Å². The van der Waals surface area contributed by atoms with E-state index in [9.17, 15) is 13.2 Å². The van der Waals surface area contributed by atoms with Gasteiger partial charge in [0, 0.05) is 0 Å². The maximum Gasteiger partial charge on any atom is 0.387 e. The van der Waals surface area contributed by atoms with E-state index in [1.54, 1.807) is 26.0 Å². The van der Waals surface area contributed by atoms with Gasteiger partial charge in [-0.1, -0.05) is 23.7 Å². The van der Waals surface area contributed by atoms with Crippen molar-refractivity contribution >= 4 is 17.4 Å². The Labute approximate surface area is 149 Å². The molecule has 8 heteroatoms. The number of halogens is 4. The van der Waals surface area contributed by atoms with E-state index in [1.807, 2.05) is 6.92 Å². The summed E-state index contributed by atoms with van der Waals surface area (Å²) in [5.74, 6) is 0.478. The molecule has 0 aliphatic carbocycles. The van der Waals surface area contributed by atoms with Crippen LogP contribution in [-0.4, -0.2) is 16.6 Å². The number of hydrogen-bond donors (Lipinski definition) is 1. The first-order chi connectivity index (χ1) is 11.7. The molecule has 1 aromatic carbocycles. The highest BCUT2D eigenvalue weighted by Gasteiger charge is 2.18. The van der Waals surface area contributed by atoms with Crippen molar-refractivity contribution in [3.05, 3.63) is 45.9 Å². The minimum atomic E-state index is -2.88. The number of ether oxygens (including phenoxy) is 1. The van der Waals surface area contributed by atoms with E-state index in [0.717, 1.165) is 5.56 Å². The van der Waals surface area contributed by atoms with E-state index in [0.29, 0.717) is 16.9 Å². The van der Waals surface area contributed by atoms with Crippen molar-refractivity contribution in [3.63, 3.8) is 0 Å². The van der Waals surface area contributed by atoms with Gasteiger partial charge in [0.05, 0.1) is 11.7 Å². The van der Waals surface area contributed by atoms with Gasteiger partial charge in [0.2, 0.25) is 0 Å². The Morgan fingerprint density at radius 2 is 1.68 bits per heavy atom. The molecule has 0 bridgehead atoms. The number of anilines is 1. The summed E-state index contributed by atoms with van der Waals surface area (Å²) in [6.07, 6.45) is -0.0794. The van der Waals surface area contributed by atoms with Gasteiger partial charge in [-0.15, -0.1) is 0 Å². The number of nitrogens with zero attached hydrogens (tertiary/aromatic N) is 2. The SMILES string of the molecule is Cc1cc(C(C)Nc2ncnc(C(C)F)c2Cl)cc(C)c1OC(F)F. The maximum atomic E-state index is 13.5. The number of benzene rings is 1. The van der Waals surface area contributed by atoms with Crippen LogP contribution in [0.3, 0.4) is 0 Å². The smallest absolute Gasteiger partial charge is 0.387 e. The van der Waals surface area contributed by atoms with Crippen molar-refractivity contribution in [2.75, 3.05) is 5.32 Å². The van der Waals surface area contributed by atoms with Crippen LogP contribution in [-0.2, 0) is 0 Å². The topological polar surface area (TPSA) is 47.0 Å². The highest BCUT2D eigenvalue weighted by atomic mass is 35.5. The highest BCUT2D eigenvalue weighted by Crippen LogP contribution is 2.33. The Bertz CT molecular complexity index is 733. The Hall–Kier alpha value is -2.02. The summed E-state index contributed by atoms with van der Waals surface area (Å²) in [4.78, 5) is 7.88. The van der Waals surface area contributed by atoms with Crippen LogP contribution in [0.5, 0.6) is 5.75 Å². The molecule has 0 aliphatic rings. The summed E-state index contributed by atoms with van der Waals surface area (Å²) >= 11 is 6.15. The zero-order valence-corrected chi connectivity index (χ0v) is 15.0. The van der Waals surface area contributed by atoms with Gasteiger partial charge in [0.15, 0.2) is 0 Å². The molecule has 0 saturated carbocycles. The number of aryl methyl sites for hydroxylation is 2. The quantitative estimate of drug-likeness (QED) is 0.720. The van der Waals surface area contributed by atoms with E-state index in [-0.39, 0.29) is 22.5 Å². The van der Waals surface area contributed by atoms with Crippen LogP contribution in [0.25, 0.3) is 0 Å². The van der Waals surface area contributed by atoms with E-state index < -0.39 is 12.8 Å². The lowest BCUT2D eigenvalue weighted by molar-refractivity contribution is -0.0507. The van der Waals surface area contributed by atoms with Crippen molar-refractivity contribution < 1.29 is 17.9 Å². The van der Waals surface area contributed by atoms with Crippen LogP contribution in [0.2, 0.25) is 5.02 Å². The molecular formula is C17H19ClF3N3O. The maximum absolute atomic E-state index is 13.5. The first-order valence-corrected chi connectivity index (χ1v) is 8.05. The molecule has 0 aliphatic heterocycles. The lowest BCUT2D eigenvalue weighted by atomic mass is 10.0. The molecule has 1 heterocycles. The first-order valence-electron chi connectivity index (χ1n) is 7.67. The Morgan fingerprint density at radius 3 is 2.20 bits per heavy atom. The zero-order valence-electron chi connectivity index (χ0n) is 14.3. The van der Waals surface area contributed by atoms with Gasteiger partial charge >= 0.3 is 6.61 Å². The fourth-order valence-corrected chi connectivity index (χ4v) is 2.86. The van der Waals surface area contributed by atoms with E-state index in [1.165, 1.54) is 13.3 Å². The van der Waals surface area contributed by atoms with E-state index >= 15 is 0 Å². The largest absolute Gasteiger partial charge is 0.434 e. The predicted octanol–water partition coefficient (Wildman–Crippen LogP) is 5.55. The second-order valence-corrected chi connectivity index (χ2v) is 6.14. The van der Waals surface area contributed by atoms with Crippen LogP contribution in [0, 0.1) is 13.8 Å². The van der Waals surface area contributed by atoms with E-state index in [4.69, 9.17) is 11.6 Å². The normalized spacial score (nSPS) is 13.6. The summed E-state index contributed by atoms with van der Waals surface area (Å²) < 4.78 is 43.0. The lowest BCUT2D eigenvalue weighted by Crippen LogP contribution is -2.11. The predicted molar refractivity (Wildman–Crippen MR) is 91.2 cm³/mol. The molecule has 2 atom stereocenters.